The molecule has 16 heavy (non-hydrogen) atoms. The van der Waals surface area contributed by atoms with E-state index in [9.17, 15) is 0 Å². The van der Waals surface area contributed by atoms with Crippen molar-refractivity contribution in [2.45, 2.75) is 51.3 Å². The Balaban J connectivity index is 2.70. The summed E-state index contributed by atoms with van der Waals surface area (Å²) in [7, 11) is 0. The number of benzene rings is 1. The Bertz CT molecular complexity index is 300. The molecule has 1 aromatic rings. The summed E-state index contributed by atoms with van der Waals surface area (Å²) in [5.74, 6) is 1.41. The van der Waals surface area contributed by atoms with Crippen LogP contribution in [0.4, 0.5) is 0 Å². The van der Waals surface area contributed by atoms with Gasteiger partial charge >= 0.3 is 0 Å². The summed E-state index contributed by atoms with van der Waals surface area (Å²) in [6.07, 6.45) is 2.41. The summed E-state index contributed by atoms with van der Waals surface area (Å²) in [6.45, 7) is 9.06. The van der Waals surface area contributed by atoms with E-state index in [1.807, 2.05) is 0 Å². The van der Waals surface area contributed by atoms with Crippen LogP contribution in [0.3, 0.4) is 0 Å². The maximum atomic E-state index is 3.77. The summed E-state index contributed by atoms with van der Waals surface area (Å²) < 4.78 is 0. The molecule has 0 heterocycles. The van der Waals surface area contributed by atoms with E-state index >= 15 is 0 Å². The molecule has 0 bridgehead atoms. The molecule has 0 aliphatic heterocycles. The predicted octanol–water partition coefficient (Wildman–Crippen LogP) is 5.68. The van der Waals surface area contributed by atoms with Crippen molar-refractivity contribution in [3.8, 4) is 0 Å². The zero-order valence-electron chi connectivity index (χ0n) is 10.8. The molecule has 0 radical (unpaired) electrons. The van der Waals surface area contributed by atoms with E-state index in [-0.39, 0.29) is 0 Å². The van der Waals surface area contributed by atoms with Gasteiger partial charge in [0.1, 0.15) is 0 Å². The fourth-order valence-corrected chi connectivity index (χ4v) is 2.87. The number of halogens is 1. The van der Waals surface area contributed by atoms with Crippen LogP contribution in [0.2, 0.25) is 0 Å². The first kappa shape index (κ1) is 13.8. The van der Waals surface area contributed by atoms with Crippen molar-refractivity contribution in [3.63, 3.8) is 0 Å². The summed E-state index contributed by atoms with van der Waals surface area (Å²) in [6, 6.07) is 9.09. The van der Waals surface area contributed by atoms with Crippen LogP contribution in [-0.4, -0.2) is 0 Å². The SMILES string of the molecule is CCC(C)c1ccc(C(Br)CC(C)C)cc1. The Morgan fingerprint density at radius 1 is 1.00 bits per heavy atom. The van der Waals surface area contributed by atoms with Gasteiger partial charge in [0.2, 0.25) is 0 Å². The van der Waals surface area contributed by atoms with Crippen LogP contribution in [0.15, 0.2) is 24.3 Å². The lowest BCUT2D eigenvalue weighted by molar-refractivity contribution is 0.583. The van der Waals surface area contributed by atoms with Gasteiger partial charge in [0.25, 0.3) is 0 Å². The van der Waals surface area contributed by atoms with Gasteiger partial charge in [-0.1, -0.05) is 67.9 Å². The molecule has 1 heteroatoms. The first-order chi connectivity index (χ1) is 7.54. The average molecular weight is 283 g/mol. The quantitative estimate of drug-likeness (QED) is 0.610. The van der Waals surface area contributed by atoms with E-state index in [2.05, 4.69) is 67.9 Å². The second-order valence-corrected chi connectivity index (χ2v) is 6.18. The summed E-state index contributed by atoms with van der Waals surface area (Å²) in [5, 5.41) is 0. The third-order valence-corrected chi connectivity index (χ3v) is 4.06. The van der Waals surface area contributed by atoms with Gasteiger partial charge in [-0.05, 0) is 35.8 Å². The van der Waals surface area contributed by atoms with Gasteiger partial charge in [-0.25, -0.2) is 0 Å². The zero-order valence-corrected chi connectivity index (χ0v) is 12.4. The minimum absolute atomic E-state index is 0.499. The summed E-state index contributed by atoms with van der Waals surface area (Å²) in [4.78, 5) is 0.499. The fourth-order valence-electron chi connectivity index (χ4n) is 1.82. The molecule has 0 aliphatic carbocycles. The molecule has 90 valence electrons. The number of hydrogen-bond donors (Lipinski definition) is 0. The summed E-state index contributed by atoms with van der Waals surface area (Å²) in [5.41, 5.74) is 2.86. The second kappa shape index (κ2) is 6.44. The minimum Gasteiger partial charge on any atom is -0.0839 e. The lowest BCUT2D eigenvalue weighted by Gasteiger charge is -2.14. The van der Waals surface area contributed by atoms with Crippen LogP contribution in [0, 0.1) is 5.92 Å². The maximum Gasteiger partial charge on any atom is 0.0397 e. The fraction of sp³-hybridized carbons (Fsp3) is 0.600. The van der Waals surface area contributed by atoms with Gasteiger partial charge in [-0.2, -0.15) is 0 Å². The van der Waals surface area contributed by atoms with Gasteiger partial charge in [-0.3, -0.25) is 0 Å². The molecule has 0 aromatic heterocycles. The van der Waals surface area contributed by atoms with Crippen molar-refractivity contribution < 1.29 is 0 Å². The van der Waals surface area contributed by atoms with Crippen molar-refractivity contribution in [1.29, 1.82) is 0 Å². The first-order valence-corrected chi connectivity index (χ1v) is 7.20. The molecule has 1 aromatic carbocycles. The molecule has 0 aliphatic rings. The van der Waals surface area contributed by atoms with E-state index in [1.165, 1.54) is 24.0 Å². The molecule has 0 saturated carbocycles. The van der Waals surface area contributed by atoms with E-state index in [4.69, 9.17) is 0 Å². The molecule has 0 fully saturated rings. The maximum absolute atomic E-state index is 3.77. The topological polar surface area (TPSA) is 0 Å². The number of rotatable bonds is 5. The van der Waals surface area contributed by atoms with Crippen LogP contribution in [-0.2, 0) is 0 Å². The third kappa shape index (κ3) is 3.93. The second-order valence-electron chi connectivity index (χ2n) is 5.07. The van der Waals surface area contributed by atoms with Gasteiger partial charge in [0.05, 0.1) is 0 Å². The number of hydrogen-bond acceptors (Lipinski definition) is 0. The lowest BCUT2D eigenvalue weighted by atomic mass is 9.95. The predicted molar refractivity (Wildman–Crippen MR) is 76.3 cm³/mol. The molecular weight excluding hydrogens is 260 g/mol. The van der Waals surface area contributed by atoms with E-state index < -0.39 is 0 Å². The Morgan fingerprint density at radius 2 is 1.50 bits per heavy atom. The van der Waals surface area contributed by atoms with Crippen LogP contribution in [0.25, 0.3) is 0 Å². The molecule has 0 nitrogen and oxygen atoms in total. The van der Waals surface area contributed by atoms with Gasteiger partial charge < -0.3 is 0 Å². The Hall–Kier alpha value is -0.300. The Kier molecular flexibility index (Phi) is 5.54. The van der Waals surface area contributed by atoms with Crippen molar-refractivity contribution in [2.75, 3.05) is 0 Å². The third-order valence-electron chi connectivity index (χ3n) is 3.16. The first-order valence-electron chi connectivity index (χ1n) is 6.28. The molecular formula is C15H23Br. The highest BCUT2D eigenvalue weighted by atomic mass is 79.9. The molecule has 0 saturated heterocycles. The van der Waals surface area contributed by atoms with Crippen molar-refractivity contribution >= 4 is 15.9 Å². The highest BCUT2D eigenvalue weighted by Crippen LogP contribution is 2.30. The van der Waals surface area contributed by atoms with E-state index in [1.54, 1.807) is 0 Å². The highest BCUT2D eigenvalue weighted by molar-refractivity contribution is 9.09. The minimum atomic E-state index is 0.499. The average Bonchev–Trinajstić information content (AvgIpc) is 2.27. The van der Waals surface area contributed by atoms with Gasteiger partial charge in [0.15, 0.2) is 0 Å². The molecule has 0 amide bonds. The van der Waals surface area contributed by atoms with E-state index in [0.29, 0.717) is 10.7 Å². The van der Waals surface area contributed by atoms with Gasteiger partial charge in [0, 0.05) is 4.83 Å². The normalized spacial score (nSPS) is 15.1. The van der Waals surface area contributed by atoms with Crippen LogP contribution < -0.4 is 0 Å². The monoisotopic (exact) mass is 282 g/mol. The standard InChI is InChI=1S/C15H23Br/c1-5-12(4)13-6-8-14(9-7-13)15(16)10-11(2)3/h6-9,11-12,15H,5,10H2,1-4H3. The molecule has 0 N–H and O–H groups in total. The molecule has 1 rings (SSSR count). The van der Waals surface area contributed by atoms with Crippen LogP contribution >= 0.6 is 15.9 Å². The lowest BCUT2D eigenvalue weighted by Crippen LogP contribution is -1.97. The Labute approximate surface area is 109 Å². The largest absolute Gasteiger partial charge is 0.0839 e. The number of alkyl halides is 1. The Morgan fingerprint density at radius 3 is 1.94 bits per heavy atom. The van der Waals surface area contributed by atoms with Crippen LogP contribution in [0.1, 0.15) is 62.4 Å². The molecule has 2 unspecified atom stereocenters. The van der Waals surface area contributed by atoms with E-state index in [0.717, 1.165) is 5.92 Å². The van der Waals surface area contributed by atoms with Crippen LogP contribution in [0.5, 0.6) is 0 Å². The van der Waals surface area contributed by atoms with Gasteiger partial charge in [-0.15, -0.1) is 0 Å². The van der Waals surface area contributed by atoms with Crippen molar-refractivity contribution in [3.05, 3.63) is 35.4 Å². The molecule has 2 atom stereocenters. The summed E-state index contributed by atoms with van der Waals surface area (Å²) >= 11 is 3.77. The highest BCUT2D eigenvalue weighted by Gasteiger charge is 2.10. The smallest absolute Gasteiger partial charge is 0.0397 e. The van der Waals surface area contributed by atoms with Crippen molar-refractivity contribution in [2.24, 2.45) is 5.92 Å². The van der Waals surface area contributed by atoms with Crippen molar-refractivity contribution in [1.82, 2.24) is 0 Å². The zero-order chi connectivity index (χ0) is 12.1. The molecule has 0 spiro atoms.